The van der Waals surface area contributed by atoms with Crippen LogP contribution in [0, 0.1) is 5.92 Å². The molecule has 0 spiro atoms. The maximum atomic E-state index is 5.62. The molecule has 1 fully saturated rings. The van der Waals surface area contributed by atoms with Crippen molar-refractivity contribution in [2.24, 2.45) is 5.92 Å². The normalized spacial score (nSPS) is 20.5. The Morgan fingerprint density at radius 2 is 2.00 bits per heavy atom. The molecule has 4 nitrogen and oxygen atoms in total. The summed E-state index contributed by atoms with van der Waals surface area (Å²) in [5.41, 5.74) is 1.18. The molecule has 1 saturated heterocycles. The Labute approximate surface area is 128 Å². The fourth-order valence-electron chi connectivity index (χ4n) is 2.78. The molecule has 0 saturated carbocycles. The van der Waals surface area contributed by atoms with Crippen LogP contribution in [-0.2, 0) is 4.74 Å². The summed E-state index contributed by atoms with van der Waals surface area (Å²) < 4.78 is 17.4. The summed E-state index contributed by atoms with van der Waals surface area (Å²) in [6.45, 7) is 1.67. The molecule has 0 bridgehead atoms. The van der Waals surface area contributed by atoms with Crippen LogP contribution in [0.3, 0.4) is 0 Å². The molecule has 2 atom stereocenters. The van der Waals surface area contributed by atoms with Crippen LogP contribution in [0.15, 0.2) is 16.6 Å². The van der Waals surface area contributed by atoms with E-state index in [1.54, 1.807) is 14.2 Å². The number of rotatable bonds is 5. The third-order valence-corrected chi connectivity index (χ3v) is 4.50. The van der Waals surface area contributed by atoms with Crippen LogP contribution < -0.4 is 14.8 Å². The first-order valence-corrected chi connectivity index (χ1v) is 7.67. The molecule has 1 N–H and O–H groups in total. The van der Waals surface area contributed by atoms with Gasteiger partial charge in [0.1, 0.15) is 0 Å². The van der Waals surface area contributed by atoms with Gasteiger partial charge in [-0.3, -0.25) is 0 Å². The van der Waals surface area contributed by atoms with Gasteiger partial charge in [-0.25, -0.2) is 0 Å². The second-order valence-corrected chi connectivity index (χ2v) is 5.83. The second-order valence-electron chi connectivity index (χ2n) is 4.97. The van der Waals surface area contributed by atoms with E-state index in [1.165, 1.54) is 12.0 Å². The minimum Gasteiger partial charge on any atom is -0.493 e. The Morgan fingerprint density at radius 1 is 1.30 bits per heavy atom. The number of halogens is 1. The Balaban J connectivity index is 2.33. The van der Waals surface area contributed by atoms with Gasteiger partial charge in [0.05, 0.1) is 20.8 Å². The first kappa shape index (κ1) is 15.6. The van der Waals surface area contributed by atoms with Crippen molar-refractivity contribution in [2.75, 3.05) is 34.5 Å². The highest BCUT2D eigenvalue weighted by molar-refractivity contribution is 9.10. The minimum absolute atomic E-state index is 0.240. The molecule has 0 aliphatic carbocycles. The van der Waals surface area contributed by atoms with Gasteiger partial charge in [0.2, 0.25) is 0 Å². The molecule has 1 aliphatic rings. The van der Waals surface area contributed by atoms with E-state index in [2.05, 4.69) is 21.2 Å². The lowest BCUT2D eigenvalue weighted by Gasteiger charge is -2.31. The zero-order valence-electron chi connectivity index (χ0n) is 12.2. The van der Waals surface area contributed by atoms with Gasteiger partial charge in [-0.15, -0.1) is 0 Å². The van der Waals surface area contributed by atoms with Crippen LogP contribution in [-0.4, -0.2) is 34.5 Å². The molecule has 0 aromatic heterocycles. The summed E-state index contributed by atoms with van der Waals surface area (Å²) in [6.07, 6.45) is 2.29. The smallest absolute Gasteiger partial charge is 0.161 e. The van der Waals surface area contributed by atoms with Crippen molar-refractivity contribution in [3.8, 4) is 11.5 Å². The van der Waals surface area contributed by atoms with Crippen molar-refractivity contribution in [1.29, 1.82) is 0 Å². The average Bonchev–Trinajstić information content (AvgIpc) is 2.50. The molecule has 20 heavy (non-hydrogen) atoms. The molecule has 2 rings (SSSR count). The summed E-state index contributed by atoms with van der Waals surface area (Å²) in [6, 6.07) is 4.24. The van der Waals surface area contributed by atoms with Crippen LogP contribution in [0.25, 0.3) is 0 Å². The molecule has 5 heteroatoms. The van der Waals surface area contributed by atoms with Gasteiger partial charge in [0.15, 0.2) is 11.5 Å². The molecule has 1 aromatic rings. The van der Waals surface area contributed by atoms with E-state index in [-0.39, 0.29) is 6.04 Å². The van der Waals surface area contributed by atoms with E-state index in [4.69, 9.17) is 14.2 Å². The predicted octanol–water partition coefficient (Wildman–Crippen LogP) is 3.15. The minimum atomic E-state index is 0.240. The van der Waals surface area contributed by atoms with Gasteiger partial charge in [-0.1, -0.05) is 15.9 Å². The third-order valence-electron chi connectivity index (χ3n) is 3.82. The lowest BCUT2D eigenvalue weighted by molar-refractivity contribution is 0.0400. The maximum absolute atomic E-state index is 5.62. The van der Waals surface area contributed by atoms with Crippen LogP contribution in [0.2, 0.25) is 0 Å². The maximum Gasteiger partial charge on any atom is 0.161 e. The van der Waals surface area contributed by atoms with Crippen molar-refractivity contribution >= 4 is 15.9 Å². The van der Waals surface area contributed by atoms with Crippen molar-refractivity contribution < 1.29 is 14.2 Å². The van der Waals surface area contributed by atoms with Crippen LogP contribution >= 0.6 is 15.9 Å². The Bertz CT molecular complexity index is 447. The van der Waals surface area contributed by atoms with E-state index in [0.29, 0.717) is 5.92 Å². The van der Waals surface area contributed by atoms with Gasteiger partial charge >= 0.3 is 0 Å². The molecule has 0 radical (unpaired) electrons. The number of ether oxygens (including phenoxy) is 3. The van der Waals surface area contributed by atoms with E-state index in [1.807, 2.05) is 19.2 Å². The highest BCUT2D eigenvalue weighted by Gasteiger charge is 2.27. The number of benzene rings is 1. The summed E-state index contributed by atoms with van der Waals surface area (Å²) in [5, 5.41) is 3.41. The highest BCUT2D eigenvalue weighted by Crippen LogP contribution is 2.39. The van der Waals surface area contributed by atoms with Gasteiger partial charge in [0, 0.05) is 23.0 Å². The number of hydrogen-bond donors (Lipinski definition) is 1. The summed E-state index contributed by atoms with van der Waals surface area (Å²) >= 11 is 3.64. The highest BCUT2D eigenvalue weighted by atomic mass is 79.9. The van der Waals surface area contributed by atoms with E-state index < -0.39 is 0 Å². The molecule has 2 unspecified atom stereocenters. The lowest BCUT2D eigenvalue weighted by atomic mass is 9.88. The molecule has 1 heterocycles. The van der Waals surface area contributed by atoms with Gasteiger partial charge in [-0.05, 0) is 37.6 Å². The number of methoxy groups -OCH3 is 2. The van der Waals surface area contributed by atoms with Crippen LogP contribution in [0.5, 0.6) is 11.5 Å². The first-order valence-electron chi connectivity index (χ1n) is 6.87. The molecular formula is C15H22BrNO3. The molecular weight excluding hydrogens is 322 g/mol. The van der Waals surface area contributed by atoms with E-state index in [0.717, 1.165) is 35.6 Å². The molecule has 0 amide bonds. The molecule has 1 aromatic carbocycles. The van der Waals surface area contributed by atoms with Gasteiger partial charge in [-0.2, -0.15) is 0 Å². The Kier molecular flexibility index (Phi) is 5.69. The SMILES string of the molecule is CNC(c1cc(OC)c(OC)cc1Br)C1CCCOC1. The third kappa shape index (κ3) is 3.27. The fraction of sp³-hybridized carbons (Fsp3) is 0.600. The topological polar surface area (TPSA) is 39.7 Å². The predicted molar refractivity (Wildman–Crippen MR) is 82.6 cm³/mol. The number of hydrogen-bond acceptors (Lipinski definition) is 4. The standard InChI is InChI=1S/C15H22BrNO3/c1-17-15(10-5-4-6-20-9-10)11-7-13(18-2)14(19-3)8-12(11)16/h7-8,10,15,17H,4-6,9H2,1-3H3. The van der Waals surface area contributed by atoms with Crippen molar-refractivity contribution in [3.05, 3.63) is 22.2 Å². The number of nitrogens with one attached hydrogen (secondary N) is 1. The summed E-state index contributed by atoms with van der Waals surface area (Å²) in [5.74, 6) is 1.96. The second kappa shape index (κ2) is 7.29. The van der Waals surface area contributed by atoms with E-state index in [9.17, 15) is 0 Å². The van der Waals surface area contributed by atoms with Crippen molar-refractivity contribution in [3.63, 3.8) is 0 Å². The largest absolute Gasteiger partial charge is 0.493 e. The molecule has 112 valence electrons. The Morgan fingerprint density at radius 3 is 2.55 bits per heavy atom. The van der Waals surface area contributed by atoms with Gasteiger partial charge in [0.25, 0.3) is 0 Å². The fourth-order valence-corrected chi connectivity index (χ4v) is 3.35. The summed E-state index contributed by atoms with van der Waals surface area (Å²) in [4.78, 5) is 0. The van der Waals surface area contributed by atoms with Crippen molar-refractivity contribution in [2.45, 2.75) is 18.9 Å². The Hall–Kier alpha value is -0.780. The van der Waals surface area contributed by atoms with Crippen LogP contribution in [0.1, 0.15) is 24.4 Å². The monoisotopic (exact) mass is 343 g/mol. The van der Waals surface area contributed by atoms with Crippen LogP contribution in [0.4, 0.5) is 0 Å². The zero-order chi connectivity index (χ0) is 14.5. The zero-order valence-corrected chi connectivity index (χ0v) is 13.8. The van der Waals surface area contributed by atoms with Crippen molar-refractivity contribution in [1.82, 2.24) is 5.32 Å². The quantitative estimate of drug-likeness (QED) is 0.891. The molecule has 1 aliphatic heterocycles. The lowest BCUT2D eigenvalue weighted by Crippen LogP contribution is -2.31. The average molecular weight is 344 g/mol. The van der Waals surface area contributed by atoms with E-state index >= 15 is 0 Å². The van der Waals surface area contributed by atoms with Gasteiger partial charge < -0.3 is 19.5 Å². The summed E-state index contributed by atoms with van der Waals surface area (Å²) in [7, 11) is 5.30. The first-order chi connectivity index (χ1) is 9.71.